The monoisotopic (exact) mass is 237 g/mol. The molecule has 1 aromatic rings. The Kier molecular flexibility index (Phi) is 5.19. The number of amides is 1. The summed E-state index contributed by atoms with van der Waals surface area (Å²) in [6, 6.07) is 0. The van der Waals surface area contributed by atoms with Gasteiger partial charge in [0.25, 0.3) is 0 Å². The second-order valence-electron chi connectivity index (χ2n) is 3.72. The summed E-state index contributed by atoms with van der Waals surface area (Å²) in [5.41, 5.74) is 0. The van der Waals surface area contributed by atoms with E-state index in [0.717, 1.165) is 18.8 Å². The zero-order chi connectivity index (χ0) is 12.7. The largest absolute Gasteiger partial charge is 0.369 e. The summed E-state index contributed by atoms with van der Waals surface area (Å²) in [5, 5.41) is 5.73. The van der Waals surface area contributed by atoms with E-state index < -0.39 is 0 Å². The summed E-state index contributed by atoms with van der Waals surface area (Å²) in [7, 11) is 3.42. The first-order valence-electron chi connectivity index (χ1n) is 5.65. The molecule has 0 aliphatic heterocycles. The van der Waals surface area contributed by atoms with E-state index in [9.17, 15) is 4.79 Å². The van der Waals surface area contributed by atoms with Crippen LogP contribution in [0.3, 0.4) is 0 Å². The molecular weight excluding hydrogens is 218 g/mol. The molecule has 1 aromatic heterocycles. The number of anilines is 2. The quantitative estimate of drug-likeness (QED) is 0.753. The van der Waals surface area contributed by atoms with Crippen LogP contribution in [0, 0.1) is 0 Å². The lowest BCUT2D eigenvalue weighted by Gasteiger charge is -2.17. The van der Waals surface area contributed by atoms with Gasteiger partial charge in [0, 0.05) is 20.6 Å². The molecule has 0 radical (unpaired) electrons. The predicted molar refractivity (Wildman–Crippen MR) is 68.1 cm³/mol. The van der Waals surface area contributed by atoms with Crippen LogP contribution in [0.2, 0.25) is 0 Å². The lowest BCUT2D eigenvalue weighted by Crippen LogP contribution is -2.33. The maximum atomic E-state index is 11.2. The number of carbonyl (C=O) groups excluding carboxylic acids is 1. The number of aromatic nitrogens is 2. The fraction of sp³-hybridized carbons (Fsp3) is 0.545. The van der Waals surface area contributed by atoms with Crippen LogP contribution in [-0.4, -0.2) is 43.1 Å². The molecule has 0 aliphatic rings. The third-order valence-corrected chi connectivity index (χ3v) is 2.23. The SMILES string of the molecule is CCCNc1cncc(N(C)CC(=O)NC)n1. The zero-order valence-corrected chi connectivity index (χ0v) is 10.5. The van der Waals surface area contributed by atoms with Gasteiger partial charge in [0.15, 0.2) is 0 Å². The summed E-state index contributed by atoms with van der Waals surface area (Å²) >= 11 is 0. The molecule has 6 heteroatoms. The first-order chi connectivity index (χ1) is 8.17. The van der Waals surface area contributed by atoms with Gasteiger partial charge in [-0.1, -0.05) is 6.92 Å². The predicted octanol–water partition coefficient (Wildman–Crippen LogP) is 0.481. The van der Waals surface area contributed by atoms with Crippen LogP contribution >= 0.6 is 0 Å². The number of hydrogen-bond acceptors (Lipinski definition) is 5. The van der Waals surface area contributed by atoms with Gasteiger partial charge in [0.1, 0.15) is 11.6 Å². The molecule has 0 saturated carbocycles. The van der Waals surface area contributed by atoms with Crippen LogP contribution in [0.25, 0.3) is 0 Å². The van der Waals surface area contributed by atoms with Crippen molar-refractivity contribution in [2.24, 2.45) is 0 Å². The maximum absolute atomic E-state index is 11.2. The van der Waals surface area contributed by atoms with Crippen LogP contribution in [-0.2, 0) is 4.79 Å². The summed E-state index contributed by atoms with van der Waals surface area (Å²) in [6.45, 7) is 3.21. The van der Waals surface area contributed by atoms with Gasteiger partial charge in [-0.25, -0.2) is 4.98 Å². The molecule has 0 aliphatic carbocycles. The van der Waals surface area contributed by atoms with E-state index in [0.29, 0.717) is 5.82 Å². The summed E-state index contributed by atoms with van der Waals surface area (Å²) in [6.07, 6.45) is 4.34. The Morgan fingerprint density at radius 1 is 1.47 bits per heavy atom. The van der Waals surface area contributed by atoms with Crippen LogP contribution in [0.4, 0.5) is 11.6 Å². The summed E-state index contributed by atoms with van der Waals surface area (Å²) < 4.78 is 0. The molecule has 0 atom stereocenters. The van der Waals surface area contributed by atoms with Gasteiger partial charge in [-0.3, -0.25) is 9.78 Å². The number of hydrogen-bond donors (Lipinski definition) is 2. The number of rotatable bonds is 6. The van der Waals surface area contributed by atoms with Gasteiger partial charge in [-0.15, -0.1) is 0 Å². The van der Waals surface area contributed by atoms with E-state index >= 15 is 0 Å². The van der Waals surface area contributed by atoms with Crippen LogP contribution in [0.15, 0.2) is 12.4 Å². The lowest BCUT2D eigenvalue weighted by atomic mass is 10.4. The highest BCUT2D eigenvalue weighted by molar-refractivity contribution is 5.80. The van der Waals surface area contributed by atoms with Crippen molar-refractivity contribution in [1.82, 2.24) is 15.3 Å². The third kappa shape index (κ3) is 4.26. The van der Waals surface area contributed by atoms with Crippen LogP contribution in [0.5, 0.6) is 0 Å². The first-order valence-corrected chi connectivity index (χ1v) is 5.65. The molecule has 2 N–H and O–H groups in total. The second kappa shape index (κ2) is 6.67. The maximum Gasteiger partial charge on any atom is 0.239 e. The van der Waals surface area contributed by atoms with Crippen molar-refractivity contribution in [3.05, 3.63) is 12.4 Å². The Morgan fingerprint density at radius 3 is 2.88 bits per heavy atom. The van der Waals surface area contributed by atoms with Gasteiger partial charge in [0.2, 0.25) is 5.91 Å². The first kappa shape index (κ1) is 13.2. The molecule has 0 aromatic carbocycles. The van der Waals surface area contributed by atoms with Crippen molar-refractivity contribution in [3.8, 4) is 0 Å². The van der Waals surface area contributed by atoms with Crippen molar-refractivity contribution in [1.29, 1.82) is 0 Å². The Labute approximate surface area is 101 Å². The van der Waals surface area contributed by atoms with Gasteiger partial charge >= 0.3 is 0 Å². The number of nitrogens with one attached hydrogen (secondary N) is 2. The molecule has 17 heavy (non-hydrogen) atoms. The number of carbonyl (C=O) groups is 1. The normalized spacial score (nSPS) is 9.82. The minimum atomic E-state index is -0.0544. The third-order valence-electron chi connectivity index (χ3n) is 2.23. The van der Waals surface area contributed by atoms with Gasteiger partial charge < -0.3 is 15.5 Å². The summed E-state index contributed by atoms with van der Waals surface area (Å²) in [4.78, 5) is 21.5. The standard InChI is InChI=1S/C11H19N5O/c1-4-5-14-9-6-13-7-10(15-9)16(3)8-11(17)12-2/h6-7H,4-5,8H2,1-3H3,(H,12,17)(H,14,15). The highest BCUT2D eigenvalue weighted by Gasteiger charge is 2.07. The van der Waals surface area contributed by atoms with Crippen LogP contribution < -0.4 is 15.5 Å². The second-order valence-corrected chi connectivity index (χ2v) is 3.72. The van der Waals surface area contributed by atoms with E-state index in [1.54, 1.807) is 24.3 Å². The Bertz CT molecular complexity index is 369. The minimum Gasteiger partial charge on any atom is -0.369 e. The molecule has 94 valence electrons. The Balaban J connectivity index is 2.66. The molecule has 1 heterocycles. The molecule has 0 fully saturated rings. The zero-order valence-electron chi connectivity index (χ0n) is 10.5. The molecule has 0 spiro atoms. The van der Waals surface area contributed by atoms with Crippen molar-refractivity contribution >= 4 is 17.5 Å². The topological polar surface area (TPSA) is 70.2 Å². The highest BCUT2D eigenvalue weighted by Crippen LogP contribution is 2.10. The van der Waals surface area contributed by atoms with Crippen molar-refractivity contribution < 1.29 is 4.79 Å². The van der Waals surface area contributed by atoms with Gasteiger partial charge in [0.05, 0.1) is 18.9 Å². The highest BCUT2D eigenvalue weighted by atomic mass is 16.1. The number of nitrogens with zero attached hydrogens (tertiary/aromatic N) is 3. The minimum absolute atomic E-state index is 0.0544. The molecule has 0 saturated heterocycles. The molecular formula is C11H19N5O. The Morgan fingerprint density at radius 2 is 2.24 bits per heavy atom. The van der Waals surface area contributed by atoms with E-state index in [-0.39, 0.29) is 12.5 Å². The van der Waals surface area contributed by atoms with Crippen LogP contribution in [0.1, 0.15) is 13.3 Å². The molecule has 1 amide bonds. The van der Waals surface area contributed by atoms with Gasteiger partial charge in [-0.2, -0.15) is 0 Å². The fourth-order valence-electron chi connectivity index (χ4n) is 1.25. The van der Waals surface area contributed by atoms with E-state index in [1.807, 2.05) is 7.05 Å². The van der Waals surface area contributed by atoms with E-state index in [1.165, 1.54) is 0 Å². The molecule has 0 bridgehead atoms. The number of likely N-dealkylation sites (N-methyl/N-ethyl adjacent to an activating group) is 2. The molecule has 1 rings (SSSR count). The van der Waals surface area contributed by atoms with Gasteiger partial charge in [-0.05, 0) is 6.42 Å². The van der Waals surface area contributed by atoms with Crippen molar-refractivity contribution in [2.45, 2.75) is 13.3 Å². The van der Waals surface area contributed by atoms with Crippen molar-refractivity contribution in [3.63, 3.8) is 0 Å². The summed E-state index contributed by atoms with van der Waals surface area (Å²) in [5.74, 6) is 1.35. The average molecular weight is 237 g/mol. The Hall–Kier alpha value is -1.85. The smallest absolute Gasteiger partial charge is 0.239 e. The molecule has 0 unspecified atom stereocenters. The van der Waals surface area contributed by atoms with E-state index in [2.05, 4.69) is 27.5 Å². The van der Waals surface area contributed by atoms with E-state index in [4.69, 9.17) is 0 Å². The fourth-order valence-corrected chi connectivity index (χ4v) is 1.25. The average Bonchev–Trinajstić information content (AvgIpc) is 2.36. The molecule has 6 nitrogen and oxygen atoms in total. The van der Waals surface area contributed by atoms with Crippen molar-refractivity contribution in [2.75, 3.05) is 37.4 Å². The lowest BCUT2D eigenvalue weighted by molar-refractivity contribution is -0.119.